The number of hydrogen-bond donors (Lipinski definition) is 3. The van der Waals surface area contributed by atoms with Crippen molar-refractivity contribution in [3.63, 3.8) is 0 Å². The third-order valence-electron chi connectivity index (χ3n) is 5.83. The van der Waals surface area contributed by atoms with E-state index >= 15 is 0 Å². The zero-order valence-electron chi connectivity index (χ0n) is 15.4. The largest absolute Gasteiger partial charge is 0.481 e. The number of carboxylic acids is 1. The fourth-order valence-corrected chi connectivity index (χ4v) is 5.56. The maximum absolute atomic E-state index is 10.5. The predicted molar refractivity (Wildman–Crippen MR) is 108 cm³/mol. The van der Waals surface area contributed by atoms with Gasteiger partial charge in [-0.3, -0.25) is 4.79 Å². The number of aliphatic hydroxyl groups is 2. The fourth-order valence-electron chi connectivity index (χ4n) is 4.35. The van der Waals surface area contributed by atoms with Crippen molar-refractivity contribution in [3.8, 4) is 0 Å². The number of alkyl halides is 1. The van der Waals surface area contributed by atoms with Gasteiger partial charge in [0.1, 0.15) is 0 Å². The van der Waals surface area contributed by atoms with Crippen LogP contribution in [-0.2, 0) is 4.79 Å². The Kier molecular flexibility index (Phi) is 9.82. The highest BCUT2D eigenvalue weighted by Crippen LogP contribution is 2.40. The van der Waals surface area contributed by atoms with Crippen LogP contribution in [0.15, 0.2) is 12.2 Å². The third-order valence-corrected chi connectivity index (χ3v) is 7.37. The molecule has 2 aliphatic rings. The Morgan fingerprint density at radius 1 is 1.23 bits per heavy atom. The lowest BCUT2D eigenvalue weighted by molar-refractivity contribution is -0.133. The standard InChI is InChI=1S/C20H33ClO4S/c21-17-12-19(23)16(9-10-18(22)14-6-2-1-3-7-14)15(17)8-4-5-11-26-13-20(24)25/h9-10,14-19,22-23H,1-8,11-13H2,(H,24,25)/t15-,16-,17-,18-,19-/m1/s1. The summed E-state index contributed by atoms with van der Waals surface area (Å²) in [4.78, 5) is 10.5. The SMILES string of the molecule is O=C(O)CSCCCC[C@@H]1[C@@H](C=C[C@@H](O)C2CCCCC2)[C@H](O)C[C@H]1Cl. The lowest BCUT2D eigenvalue weighted by Gasteiger charge is -2.25. The van der Waals surface area contributed by atoms with Crippen molar-refractivity contribution < 1.29 is 20.1 Å². The maximum Gasteiger partial charge on any atom is 0.313 e. The molecule has 0 radical (unpaired) electrons. The van der Waals surface area contributed by atoms with Crippen LogP contribution in [0, 0.1) is 17.8 Å². The average molecular weight is 405 g/mol. The number of carbonyl (C=O) groups is 1. The lowest BCUT2D eigenvalue weighted by atomic mass is 9.84. The summed E-state index contributed by atoms with van der Waals surface area (Å²) in [5.41, 5.74) is 0. The van der Waals surface area contributed by atoms with Gasteiger partial charge in [0.15, 0.2) is 0 Å². The molecule has 2 fully saturated rings. The van der Waals surface area contributed by atoms with Gasteiger partial charge in [-0.2, -0.15) is 11.8 Å². The molecular weight excluding hydrogens is 372 g/mol. The molecule has 0 aromatic rings. The summed E-state index contributed by atoms with van der Waals surface area (Å²) in [6, 6.07) is 0. The minimum atomic E-state index is -0.767. The summed E-state index contributed by atoms with van der Waals surface area (Å²) in [5, 5.41) is 29.4. The van der Waals surface area contributed by atoms with Crippen LogP contribution < -0.4 is 0 Å². The monoisotopic (exact) mass is 404 g/mol. The van der Waals surface area contributed by atoms with Gasteiger partial charge >= 0.3 is 5.97 Å². The highest BCUT2D eigenvalue weighted by atomic mass is 35.5. The Bertz CT molecular complexity index is 453. The highest BCUT2D eigenvalue weighted by molar-refractivity contribution is 7.99. The Morgan fingerprint density at radius 2 is 1.96 bits per heavy atom. The third kappa shape index (κ3) is 7.06. The molecule has 4 nitrogen and oxygen atoms in total. The van der Waals surface area contributed by atoms with Crippen LogP contribution in [-0.4, -0.2) is 50.4 Å². The number of unbranched alkanes of at least 4 members (excludes halogenated alkanes) is 1. The van der Waals surface area contributed by atoms with Crippen LogP contribution in [0.4, 0.5) is 0 Å². The van der Waals surface area contributed by atoms with Gasteiger partial charge < -0.3 is 15.3 Å². The van der Waals surface area contributed by atoms with E-state index in [2.05, 4.69) is 0 Å². The molecule has 0 heterocycles. The molecule has 2 aliphatic carbocycles. The lowest BCUT2D eigenvalue weighted by Crippen LogP contribution is -2.23. The number of aliphatic carboxylic acids is 1. The molecule has 26 heavy (non-hydrogen) atoms. The molecule has 0 amide bonds. The van der Waals surface area contributed by atoms with E-state index in [9.17, 15) is 15.0 Å². The summed E-state index contributed by atoms with van der Waals surface area (Å²) in [6.07, 6.45) is 12.4. The number of rotatable bonds is 10. The molecule has 0 aromatic heterocycles. The molecule has 6 heteroatoms. The van der Waals surface area contributed by atoms with Crippen LogP contribution in [0.2, 0.25) is 0 Å². The molecule has 0 unspecified atom stereocenters. The van der Waals surface area contributed by atoms with E-state index in [1.807, 2.05) is 12.2 Å². The van der Waals surface area contributed by atoms with Crippen molar-refractivity contribution >= 4 is 29.3 Å². The molecule has 0 saturated heterocycles. The number of carboxylic acid groups (broad SMARTS) is 1. The van der Waals surface area contributed by atoms with Crippen LogP contribution in [0.25, 0.3) is 0 Å². The molecule has 0 aliphatic heterocycles. The van der Waals surface area contributed by atoms with E-state index < -0.39 is 18.2 Å². The predicted octanol–water partition coefficient (Wildman–Crippen LogP) is 4.08. The quantitative estimate of drug-likeness (QED) is 0.290. The maximum atomic E-state index is 10.5. The zero-order valence-corrected chi connectivity index (χ0v) is 17.0. The van der Waals surface area contributed by atoms with E-state index in [1.54, 1.807) is 0 Å². The van der Waals surface area contributed by atoms with E-state index in [4.69, 9.17) is 16.7 Å². The van der Waals surface area contributed by atoms with Crippen molar-refractivity contribution in [2.75, 3.05) is 11.5 Å². The molecule has 0 bridgehead atoms. The molecule has 0 spiro atoms. The smallest absolute Gasteiger partial charge is 0.313 e. The Hall–Kier alpha value is -0.230. The van der Waals surface area contributed by atoms with Crippen molar-refractivity contribution in [3.05, 3.63) is 12.2 Å². The van der Waals surface area contributed by atoms with Crippen LogP contribution in [0.5, 0.6) is 0 Å². The Morgan fingerprint density at radius 3 is 2.65 bits per heavy atom. The molecule has 5 atom stereocenters. The van der Waals surface area contributed by atoms with Crippen molar-refractivity contribution in [1.82, 2.24) is 0 Å². The molecule has 0 aromatic carbocycles. The minimum Gasteiger partial charge on any atom is -0.481 e. The molecule has 150 valence electrons. The van der Waals surface area contributed by atoms with Crippen LogP contribution in [0.1, 0.15) is 57.8 Å². The first-order valence-electron chi connectivity index (χ1n) is 9.97. The molecular formula is C20H33ClO4S. The first kappa shape index (κ1) is 22.1. The van der Waals surface area contributed by atoms with Gasteiger partial charge in [-0.25, -0.2) is 0 Å². The number of thioether (sulfide) groups is 1. The van der Waals surface area contributed by atoms with E-state index in [1.165, 1.54) is 31.0 Å². The first-order valence-corrected chi connectivity index (χ1v) is 11.6. The van der Waals surface area contributed by atoms with Gasteiger partial charge in [0.2, 0.25) is 0 Å². The normalized spacial score (nSPS) is 31.5. The van der Waals surface area contributed by atoms with Gasteiger partial charge in [-0.15, -0.1) is 11.6 Å². The Labute approximate surface area is 166 Å². The second-order valence-electron chi connectivity index (χ2n) is 7.78. The highest BCUT2D eigenvalue weighted by Gasteiger charge is 2.39. The van der Waals surface area contributed by atoms with Gasteiger partial charge in [-0.1, -0.05) is 37.8 Å². The Balaban J connectivity index is 1.78. The second kappa shape index (κ2) is 11.6. The minimum absolute atomic E-state index is 0.0161. The number of aliphatic hydroxyl groups excluding tert-OH is 2. The van der Waals surface area contributed by atoms with Crippen molar-refractivity contribution in [1.29, 1.82) is 0 Å². The van der Waals surface area contributed by atoms with E-state index in [-0.39, 0.29) is 23.0 Å². The van der Waals surface area contributed by atoms with E-state index in [0.29, 0.717) is 12.3 Å². The second-order valence-corrected chi connectivity index (χ2v) is 9.44. The summed E-state index contributed by atoms with van der Waals surface area (Å²) in [5.74, 6) is 0.833. The molecule has 2 rings (SSSR count). The number of halogens is 1. The van der Waals surface area contributed by atoms with Crippen molar-refractivity contribution in [2.45, 2.75) is 75.4 Å². The van der Waals surface area contributed by atoms with Gasteiger partial charge in [0.25, 0.3) is 0 Å². The number of hydrogen-bond acceptors (Lipinski definition) is 4. The van der Waals surface area contributed by atoms with Crippen LogP contribution >= 0.6 is 23.4 Å². The first-order chi connectivity index (χ1) is 12.5. The average Bonchev–Trinajstić information content (AvgIpc) is 2.89. The zero-order chi connectivity index (χ0) is 18.9. The summed E-state index contributed by atoms with van der Waals surface area (Å²) in [6.45, 7) is 0. The van der Waals surface area contributed by atoms with Gasteiger partial charge in [0, 0.05) is 11.3 Å². The van der Waals surface area contributed by atoms with Crippen molar-refractivity contribution in [2.24, 2.45) is 17.8 Å². The fraction of sp³-hybridized carbons (Fsp3) is 0.850. The summed E-state index contributed by atoms with van der Waals surface area (Å²) in [7, 11) is 0. The van der Waals surface area contributed by atoms with E-state index in [0.717, 1.165) is 37.9 Å². The molecule has 3 N–H and O–H groups in total. The summed E-state index contributed by atoms with van der Waals surface area (Å²) >= 11 is 7.92. The topological polar surface area (TPSA) is 77.8 Å². The van der Waals surface area contributed by atoms with Crippen LogP contribution in [0.3, 0.4) is 0 Å². The molecule has 2 saturated carbocycles. The van der Waals surface area contributed by atoms with Gasteiger partial charge in [-0.05, 0) is 49.7 Å². The van der Waals surface area contributed by atoms with Gasteiger partial charge in [0.05, 0.1) is 18.0 Å². The summed E-state index contributed by atoms with van der Waals surface area (Å²) < 4.78 is 0.